The summed E-state index contributed by atoms with van der Waals surface area (Å²) in [4.78, 5) is 25.3. The van der Waals surface area contributed by atoms with Gasteiger partial charge in [-0.2, -0.15) is 0 Å². The van der Waals surface area contributed by atoms with E-state index in [4.69, 9.17) is 4.74 Å². The largest absolute Gasteiger partial charge is 0.497 e. The van der Waals surface area contributed by atoms with Gasteiger partial charge in [-0.05, 0) is 43.2 Å². The first-order chi connectivity index (χ1) is 11.6. The smallest absolute Gasteiger partial charge is 0.216 e. The van der Waals surface area contributed by atoms with Crippen LogP contribution in [0.25, 0.3) is 0 Å². The van der Waals surface area contributed by atoms with Crippen molar-refractivity contribution in [2.75, 3.05) is 12.9 Å². The van der Waals surface area contributed by atoms with E-state index in [1.54, 1.807) is 7.11 Å². The van der Waals surface area contributed by atoms with Crippen LogP contribution in [-0.4, -0.2) is 23.8 Å². The van der Waals surface area contributed by atoms with Crippen LogP contribution in [0.15, 0.2) is 46.6 Å². The predicted octanol–water partition coefficient (Wildman–Crippen LogP) is 4.44. The Hall–Kier alpha value is -1.81. The molecule has 1 unspecified atom stereocenters. The molecule has 0 aliphatic heterocycles. The number of thioether (sulfide) groups is 1. The Morgan fingerprint density at radius 3 is 2.58 bits per heavy atom. The third kappa shape index (κ3) is 2.95. The first kappa shape index (κ1) is 17.0. The van der Waals surface area contributed by atoms with E-state index in [0.717, 1.165) is 46.6 Å². The number of methoxy groups -OCH3 is 1. The fourth-order valence-corrected chi connectivity index (χ4v) is 4.43. The topological polar surface area (TPSA) is 43.4 Å². The van der Waals surface area contributed by atoms with Crippen LogP contribution in [0.2, 0.25) is 0 Å². The molecule has 0 heterocycles. The third-order valence-electron chi connectivity index (χ3n) is 4.80. The van der Waals surface area contributed by atoms with Crippen molar-refractivity contribution in [2.45, 2.75) is 39.0 Å². The van der Waals surface area contributed by atoms with Gasteiger partial charge in [-0.15, -0.1) is 0 Å². The molecule has 126 valence electrons. The fourth-order valence-electron chi connectivity index (χ4n) is 3.72. The van der Waals surface area contributed by atoms with Gasteiger partial charge in [-0.3, -0.25) is 9.59 Å². The number of hydrogen-bond acceptors (Lipinski definition) is 4. The zero-order chi connectivity index (χ0) is 17.3. The van der Waals surface area contributed by atoms with E-state index in [2.05, 4.69) is 0 Å². The van der Waals surface area contributed by atoms with Crippen molar-refractivity contribution in [3.8, 4) is 5.75 Å². The molecule has 0 radical (unpaired) electrons. The van der Waals surface area contributed by atoms with Gasteiger partial charge in [0, 0.05) is 23.5 Å². The summed E-state index contributed by atoms with van der Waals surface area (Å²) in [6.07, 6.45) is 2.17. The summed E-state index contributed by atoms with van der Waals surface area (Å²) in [7, 11) is 1.63. The Bertz CT molecular complexity index is 741. The summed E-state index contributed by atoms with van der Waals surface area (Å²) >= 11 is 1.33. The second-order valence-electron chi connectivity index (χ2n) is 6.24. The van der Waals surface area contributed by atoms with Gasteiger partial charge in [-0.1, -0.05) is 42.0 Å². The lowest BCUT2D eigenvalue weighted by atomic mass is 9.76. The maximum atomic E-state index is 12.8. The molecule has 0 fully saturated rings. The van der Waals surface area contributed by atoms with Gasteiger partial charge < -0.3 is 4.74 Å². The molecule has 3 nitrogen and oxygen atoms in total. The molecule has 0 amide bonds. The second kappa shape index (κ2) is 6.98. The average molecular weight is 342 g/mol. The number of benzene rings is 1. The highest BCUT2D eigenvalue weighted by Gasteiger charge is 2.39. The average Bonchev–Trinajstić information content (AvgIpc) is 2.94. The van der Waals surface area contributed by atoms with Crippen LogP contribution in [0.5, 0.6) is 5.75 Å². The Morgan fingerprint density at radius 2 is 1.96 bits per heavy atom. The maximum absolute atomic E-state index is 12.8. The lowest BCUT2D eigenvalue weighted by Gasteiger charge is -2.28. The van der Waals surface area contributed by atoms with E-state index in [0.29, 0.717) is 6.42 Å². The van der Waals surface area contributed by atoms with E-state index in [-0.39, 0.29) is 16.8 Å². The SMILES string of the molecule is CCSC(=O)C1=C(C)CC2=C(C(=O)CC2)C1c1ccc(OC)cc1. The molecule has 0 N–H and O–H groups in total. The summed E-state index contributed by atoms with van der Waals surface area (Å²) < 4.78 is 5.24. The molecule has 2 aliphatic rings. The zero-order valence-corrected chi connectivity index (χ0v) is 15.2. The minimum absolute atomic E-state index is 0.0991. The van der Waals surface area contributed by atoms with Crippen molar-refractivity contribution >= 4 is 22.7 Å². The van der Waals surface area contributed by atoms with Gasteiger partial charge in [0.2, 0.25) is 5.12 Å². The molecule has 2 aliphatic carbocycles. The predicted molar refractivity (Wildman–Crippen MR) is 97.5 cm³/mol. The Kier molecular flexibility index (Phi) is 4.95. The van der Waals surface area contributed by atoms with Gasteiger partial charge in [0.15, 0.2) is 5.78 Å². The van der Waals surface area contributed by atoms with Gasteiger partial charge in [0.1, 0.15) is 5.75 Å². The van der Waals surface area contributed by atoms with Crippen LogP contribution in [-0.2, 0) is 9.59 Å². The Morgan fingerprint density at radius 1 is 1.25 bits per heavy atom. The van der Waals surface area contributed by atoms with Crippen LogP contribution in [0, 0.1) is 0 Å². The molecular formula is C20H22O3S. The molecule has 4 heteroatoms. The number of rotatable bonds is 4. The number of hydrogen-bond donors (Lipinski definition) is 0. The molecule has 0 spiro atoms. The van der Waals surface area contributed by atoms with Crippen molar-refractivity contribution in [1.29, 1.82) is 0 Å². The molecular weight excluding hydrogens is 320 g/mol. The third-order valence-corrected chi connectivity index (χ3v) is 5.57. The van der Waals surface area contributed by atoms with E-state index >= 15 is 0 Å². The van der Waals surface area contributed by atoms with E-state index in [9.17, 15) is 9.59 Å². The number of carbonyl (C=O) groups is 2. The van der Waals surface area contributed by atoms with Crippen LogP contribution >= 0.6 is 11.8 Å². The second-order valence-corrected chi connectivity index (χ2v) is 7.47. The Labute approximate surface area is 147 Å². The quantitative estimate of drug-likeness (QED) is 0.811. The number of ether oxygens (including phenoxy) is 1. The van der Waals surface area contributed by atoms with Gasteiger partial charge in [0.25, 0.3) is 0 Å². The first-order valence-electron chi connectivity index (χ1n) is 8.32. The molecule has 24 heavy (non-hydrogen) atoms. The van der Waals surface area contributed by atoms with Crippen molar-refractivity contribution in [1.82, 2.24) is 0 Å². The maximum Gasteiger partial charge on any atom is 0.216 e. The summed E-state index contributed by atoms with van der Waals surface area (Å²) in [6, 6.07) is 7.74. The summed E-state index contributed by atoms with van der Waals surface area (Å²) in [5.41, 5.74) is 5.00. The van der Waals surface area contributed by atoms with Crippen LogP contribution in [0.4, 0.5) is 0 Å². The lowest BCUT2D eigenvalue weighted by molar-refractivity contribution is -0.115. The molecule has 0 saturated carbocycles. The standard InChI is InChI=1S/C20H22O3S/c1-4-24-20(22)17-12(2)11-14-7-10-16(21)18(14)19(17)13-5-8-15(23-3)9-6-13/h5-6,8-9,19H,4,7,10-11H2,1-3H3. The number of carbonyl (C=O) groups excluding carboxylic acids is 2. The van der Waals surface area contributed by atoms with Gasteiger partial charge in [0.05, 0.1) is 7.11 Å². The van der Waals surface area contributed by atoms with E-state index < -0.39 is 0 Å². The minimum atomic E-state index is -0.221. The zero-order valence-electron chi connectivity index (χ0n) is 14.3. The van der Waals surface area contributed by atoms with Crippen LogP contribution < -0.4 is 4.74 Å². The van der Waals surface area contributed by atoms with Gasteiger partial charge >= 0.3 is 0 Å². The fraction of sp³-hybridized carbons (Fsp3) is 0.400. The lowest BCUT2D eigenvalue weighted by Crippen LogP contribution is -2.21. The van der Waals surface area contributed by atoms with Gasteiger partial charge in [-0.25, -0.2) is 0 Å². The molecule has 0 bridgehead atoms. The van der Waals surface area contributed by atoms with Crippen LogP contribution in [0.3, 0.4) is 0 Å². The summed E-state index contributed by atoms with van der Waals surface area (Å²) in [5, 5.41) is 0.0991. The molecule has 1 aromatic carbocycles. The number of Topliss-reactive ketones (excluding diaryl/α,β-unsaturated/α-hetero) is 1. The van der Waals surface area contributed by atoms with Crippen molar-refractivity contribution < 1.29 is 14.3 Å². The number of ketones is 1. The summed E-state index contributed by atoms with van der Waals surface area (Å²) in [6.45, 7) is 4.02. The van der Waals surface area contributed by atoms with Crippen molar-refractivity contribution in [3.63, 3.8) is 0 Å². The summed E-state index contributed by atoms with van der Waals surface area (Å²) in [5.74, 6) is 1.49. The first-order valence-corrected chi connectivity index (χ1v) is 9.31. The highest BCUT2D eigenvalue weighted by molar-refractivity contribution is 8.14. The molecule has 0 saturated heterocycles. The number of allylic oxidation sites excluding steroid dienone is 3. The van der Waals surface area contributed by atoms with Crippen molar-refractivity contribution in [3.05, 3.63) is 52.1 Å². The van der Waals surface area contributed by atoms with E-state index in [1.165, 1.54) is 17.3 Å². The highest BCUT2D eigenvalue weighted by Crippen LogP contribution is 2.48. The molecule has 1 atom stereocenters. The minimum Gasteiger partial charge on any atom is -0.497 e. The molecule has 0 aromatic heterocycles. The van der Waals surface area contributed by atoms with E-state index in [1.807, 2.05) is 38.1 Å². The highest BCUT2D eigenvalue weighted by atomic mass is 32.2. The normalized spacial score (nSPS) is 20.5. The van der Waals surface area contributed by atoms with Crippen molar-refractivity contribution in [2.24, 2.45) is 0 Å². The van der Waals surface area contributed by atoms with Crippen LogP contribution in [0.1, 0.15) is 44.6 Å². The monoisotopic (exact) mass is 342 g/mol. The Balaban J connectivity index is 2.10. The molecule has 1 aromatic rings. The molecule has 3 rings (SSSR count).